The Balaban J connectivity index is 2.20. The number of ether oxygens (including phenoxy) is 2. The number of methoxy groups -OCH3 is 1. The zero-order valence-electron chi connectivity index (χ0n) is 11.6. The van der Waals surface area contributed by atoms with Crippen molar-refractivity contribution >= 4 is 0 Å². The van der Waals surface area contributed by atoms with Gasteiger partial charge in [0.15, 0.2) is 0 Å². The lowest BCUT2D eigenvalue weighted by molar-refractivity contribution is 0.301. The van der Waals surface area contributed by atoms with Gasteiger partial charge in [0.25, 0.3) is 0 Å². The lowest BCUT2D eigenvalue weighted by Crippen LogP contribution is -2.04. The fourth-order valence-electron chi connectivity index (χ4n) is 1.93. The molecule has 0 atom stereocenters. The van der Waals surface area contributed by atoms with Gasteiger partial charge >= 0.3 is 0 Å². The fourth-order valence-corrected chi connectivity index (χ4v) is 1.93. The summed E-state index contributed by atoms with van der Waals surface area (Å²) in [4.78, 5) is 0. The Bertz CT molecular complexity index is 680. The van der Waals surface area contributed by atoms with Crippen molar-refractivity contribution in [2.45, 2.75) is 13.2 Å². The minimum atomic E-state index is -0.402. The Hall–Kier alpha value is -2.58. The number of nitriles is 1. The lowest BCUT2D eigenvalue weighted by Gasteiger charge is -2.12. The van der Waals surface area contributed by atoms with E-state index in [1.54, 1.807) is 25.3 Å². The Morgan fingerprint density at radius 1 is 1.19 bits per heavy atom. The van der Waals surface area contributed by atoms with E-state index in [2.05, 4.69) is 0 Å². The van der Waals surface area contributed by atoms with E-state index in [0.717, 1.165) is 5.56 Å². The molecular weight excluding hydrogens is 271 g/mol. The number of hydrogen-bond acceptors (Lipinski definition) is 4. The maximum Gasteiger partial charge on any atom is 0.124 e. The number of benzene rings is 2. The van der Waals surface area contributed by atoms with Gasteiger partial charge in [-0.2, -0.15) is 5.26 Å². The van der Waals surface area contributed by atoms with Crippen LogP contribution in [0.3, 0.4) is 0 Å². The third kappa shape index (κ3) is 3.50. The zero-order valence-corrected chi connectivity index (χ0v) is 11.6. The van der Waals surface area contributed by atoms with Crippen molar-refractivity contribution in [3.63, 3.8) is 0 Å². The molecule has 0 heterocycles. The SMILES string of the molecule is COc1ccc(OCc2cc(F)ccc2C#N)c(CN)c1. The van der Waals surface area contributed by atoms with Crippen LogP contribution in [0.1, 0.15) is 16.7 Å². The lowest BCUT2D eigenvalue weighted by atomic mass is 10.1. The number of rotatable bonds is 5. The van der Waals surface area contributed by atoms with E-state index < -0.39 is 5.82 Å². The van der Waals surface area contributed by atoms with Gasteiger partial charge in [0.2, 0.25) is 0 Å². The number of halogens is 1. The Kier molecular flexibility index (Phi) is 4.75. The van der Waals surface area contributed by atoms with Gasteiger partial charge in [-0.1, -0.05) is 0 Å². The van der Waals surface area contributed by atoms with Gasteiger partial charge in [0.1, 0.15) is 23.9 Å². The highest BCUT2D eigenvalue weighted by Gasteiger charge is 2.08. The van der Waals surface area contributed by atoms with E-state index in [1.807, 2.05) is 6.07 Å². The molecule has 0 radical (unpaired) electrons. The third-order valence-electron chi connectivity index (χ3n) is 3.06. The van der Waals surface area contributed by atoms with Crippen molar-refractivity contribution in [3.8, 4) is 17.6 Å². The molecule has 0 spiro atoms. The van der Waals surface area contributed by atoms with Crippen molar-refractivity contribution in [1.82, 2.24) is 0 Å². The Morgan fingerprint density at radius 2 is 2.00 bits per heavy atom. The van der Waals surface area contributed by atoms with Crippen molar-refractivity contribution in [1.29, 1.82) is 5.26 Å². The number of hydrogen-bond donors (Lipinski definition) is 1. The Morgan fingerprint density at radius 3 is 2.67 bits per heavy atom. The first kappa shape index (κ1) is 14.8. The molecular formula is C16H15FN2O2. The molecule has 2 N–H and O–H groups in total. The predicted molar refractivity (Wildman–Crippen MR) is 76.3 cm³/mol. The predicted octanol–water partition coefficient (Wildman–Crippen LogP) is 2.74. The molecule has 0 aliphatic carbocycles. The highest BCUT2D eigenvalue weighted by atomic mass is 19.1. The largest absolute Gasteiger partial charge is 0.497 e. The molecule has 5 heteroatoms. The molecule has 0 fully saturated rings. The van der Waals surface area contributed by atoms with E-state index in [1.165, 1.54) is 18.2 Å². The number of nitrogens with two attached hydrogens (primary N) is 1. The summed E-state index contributed by atoms with van der Waals surface area (Å²) in [7, 11) is 1.57. The van der Waals surface area contributed by atoms with Gasteiger partial charge in [-0.3, -0.25) is 0 Å². The smallest absolute Gasteiger partial charge is 0.124 e. The first-order chi connectivity index (χ1) is 10.2. The standard InChI is InChI=1S/C16H15FN2O2/c1-20-15-4-5-16(12(7-15)9-19)21-10-13-6-14(17)3-2-11(13)8-18/h2-7H,9-10,19H2,1H3. The van der Waals surface area contributed by atoms with Crippen LogP contribution in [0.5, 0.6) is 11.5 Å². The molecule has 2 rings (SSSR count). The number of nitrogens with zero attached hydrogens (tertiary/aromatic N) is 1. The molecule has 0 aliphatic rings. The van der Waals surface area contributed by atoms with Gasteiger partial charge in [-0.25, -0.2) is 4.39 Å². The molecule has 0 aromatic heterocycles. The second-order valence-corrected chi connectivity index (χ2v) is 4.38. The van der Waals surface area contributed by atoms with E-state index in [0.29, 0.717) is 29.2 Å². The van der Waals surface area contributed by atoms with Crippen LogP contribution in [0.4, 0.5) is 4.39 Å². The molecule has 0 bridgehead atoms. The minimum Gasteiger partial charge on any atom is -0.497 e. The summed E-state index contributed by atoms with van der Waals surface area (Å²) in [6.45, 7) is 0.390. The van der Waals surface area contributed by atoms with Crippen molar-refractivity contribution in [2.75, 3.05) is 7.11 Å². The first-order valence-corrected chi connectivity index (χ1v) is 6.36. The van der Waals surface area contributed by atoms with Gasteiger partial charge in [-0.15, -0.1) is 0 Å². The summed E-state index contributed by atoms with van der Waals surface area (Å²) in [5.74, 6) is 0.874. The molecule has 108 valence electrons. The monoisotopic (exact) mass is 286 g/mol. The fraction of sp³-hybridized carbons (Fsp3) is 0.188. The molecule has 0 amide bonds. The van der Waals surface area contributed by atoms with E-state index in [4.69, 9.17) is 20.5 Å². The molecule has 0 aliphatic heterocycles. The maximum absolute atomic E-state index is 13.3. The van der Waals surface area contributed by atoms with Crippen LogP contribution in [-0.2, 0) is 13.2 Å². The third-order valence-corrected chi connectivity index (χ3v) is 3.06. The van der Waals surface area contributed by atoms with E-state index >= 15 is 0 Å². The molecule has 21 heavy (non-hydrogen) atoms. The van der Waals surface area contributed by atoms with Crippen LogP contribution in [0.15, 0.2) is 36.4 Å². The highest BCUT2D eigenvalue weighted by molar-refractivity contribution is 5.41. The average Bonchev–Trinajstić information content (AvgIpc) is 2.52. The molecule has 4 nitrogen and oxygen atoms in total. The van der Waals surface area contributed by atoms with Gasteiger partial charge < -0.3 is 15.2 Å². The average molecular weight is 286 g/mol. The quantitative estimate of drug-likeness (QED) is 0.917. The first-order valence-electron chi connectivity index (χ1n) is 6.36. The maximum atomic E-state index is 13.3. The van der Waals surface area contributed by atoms with Gasteiger partial charge in [0, 0.05) is 17.7 Å². The topological polar surface area (TPSA) is 68.3 Å². The van der Waals surface area contributed by atoms with Crippen molar-refractivity contribution in [3.05, 3.63) is 58.9 Å². The summed E-state index contributed by atoms with van der Waals surface area (Å²) in [6, 6.07) is 11.3. The summed E-state index contributed by atoms with van der Waals surface area (Å²) in [5, 5.41) is 9.01. The van der Waals surface area contributed by atoms with Crippen LogP contribution in [0, 0.1) is 17.1 Å². The Labute approximate surface area is 122 Å². The normalized spacial score (nSPS) is 10.0. The van der Waals surface area contributed by atoms with Gasteiger partial charge in [-0.05, 0) is 36.4 Å². The van der Waals surface area contributed by atoms with E-state index in [-0.39, 0.29) is 6.61 Å². The summed E-state index contributed by atoms with van der Waals surface area (Å²) >= 11 is 0. The minimum absolute atomic E-state index is 0.0972. The van der Waals surface area contributed by atoms with Crippen LogP contribution in [0.2, 0.25) is 0 Å². The molecule has 2 aromatic rings. The van der Waals surface area contributed by atoms with Crippen LogP contribution >= 0.6 is 0 Å². The van der Waals surface area contributed by atoms with E-state index in [9.17, 15) is 4.39 Å². The molecule has 2 aromatic carbocycles. The van der Waals surface area contributed by atoms with Crippen LogP contribution in [0.25, 0.3) is 0 Å². The summed E-state index contributed by atoms with van der Waals surface area (Å²) in [5.41, 5.74) is 7.34. The second kappa shape index (κ2) is 6.73. The van der Waals surface area contributed by atoms with Crippen molar-refractivity contribution < 1.29 is 13.9 Å². The highest BCUT2D eigenvalue weighted by Crippen LogP contribution is 2.25. The molecule has 0 unspecified atom stereocenters. The van der Waals surface area contributed by atoms with Crippen molar-refractivity contribution in [2.24, 2.45) is 5.73 Å². The molecule has 0 saturated carbocycles. The van der Waals surface area contributed by atoms with Crippen LogP contribution in [-0.4, -0.2) is 7.11 Å². The zero-order chi connectivity index (χ0) is 15.2. The summed E-state index contributed by atoms with van der Waals surface area (Å²) in [6.07, 6.45) is 0. The van der Waals surface area contributed by atoms with Gasteiger partial charge in [0.05, 0.1) is 18.7 Å². The summed E-state index contributed by atoms with van der Waals surface area (Å²) < 4.78 is 24.0. The molecule has 0 saturated heterocycles. The second-order valence-electron chi connectivity index (χ2n) is 4.38. The van der Waals surface area contributed by atoms with Crippen LogP contribution < -0.4 is 15.2 Å².